The van der Waals surface area contributed by atoms with Crippen molar-refractivity contribution in [2.75, 3.05) is 17.7 Å². The Kier molecular flexibility index (Phi) is 3.93. The minimum atomic E-state index is -0.211. The maximum Gasteiger partial charge on any atom is 0.262 e. The van der Waals surface area contributed by atoms with Gasteiger partial charge in [0.2, 0.25) is 0 Å². The molecule has 2 aromatic carbocycles. The van der Waals surface area contributed by atoms with Crippen molar-refractivity contribution in [1.29, 1.82) is 0 Å². The standard InChI is InChI=1S/C16H15N3O2S/c1-10-2-5-12(6-3-10)21-9-15(20)18-11-4-7-13-14(8-11)22-16(17)19-13/h2-8H,9H2,1H3,(H2,17,19)(H,18,20). The molecule has 3 rings (SSSR count). The second-order valence-electron chi connectivity index (χ2n) is 4.88. The Balaban J connectivity index is 1.61. The van der Waals surface area contributed by atoms with Crippen molar-refractivity contribution in [3.05, 3.63) is 48.0 Å². The molecule has 0 aliphatic rings. The zero-order valence-electron chi connectivity index (χ0n) is 12.0. The molecule has 0 fully saturated rings. The highest BCUT2D eigenvalue weighted by atomic mass is 32.1. The molecule has 112 valence electrons. The summed E-state index contributed by atoms with van der Waals surface area (Å²) < 4.78 is 6.38. The number of hydrogen-bond acceptors (Lipinski definition) is 5. The zero-order valence-corrected chi connectivity index (χ0v) is 12.8. The molecule has 0 unspecified atom stereocenters. The number of carbonyl (C=O) groups is 1. The monoisotopic (exact) mass is 313 g/mol. The number of aromatic nitrogens is 1. The van der Waals surface area contributed by atoms with E-state index in [4.69, 9.17) is 10.5 Å². The first-order valence-electron chi connectivity index (χ1n) is 6.75. The lowest BCUT2D eigenvalue weighted by Crippen LogP contribution is -2.20. The Morgan fingerprint density at radius 3 is 2.82 bits per heavy atom. The summed E-state index contributed by atoms with van der Waals surface area (Å²) in [6, 6.07) is 13.0. The van der Waals surface area contributed by atoms with E-state index in [0.29, 0.717) is 16.6 Å². The first kappa shape index (κ1) is 14.3. The molecule has 0 aliphatic heterocycles. The first-order valence-corrected chi connectivity index (χ1v) is 7.57. The van der Waals surface area contributed by atoms with Crippen LogP contribution in [0.4, 0.5) is 10.8 Å². The van der Waals surface area contributed by atoms with Gasteiger partial charge in [0.15, 0.2) is 11.7 Å². The van der Waals surface area contributed by atoms with Crippen LogP contribution in [0.25, 0.3) is 10.2 Å². The summed E-state index contributed by atoms with van der Waals surface area (Å²) in [5.41, 5.74) is 8.34. The molecule has 1 amide bonds. The zero-order chi connectivity index (χ0) is 15.5. The van der Waals surface area contributed by atoms with Crippen LogP contribution in [0.1, 0.15) is 5.56 Å². The fraction of sp³-hybridized carbons (Fsp3) is 0.125. The van der Waals surface area contributed by atoms with Crippen molar-refractivity contribution in [1.82, 2.24) is 4.98 Å². The van der Waals surface area contributed by atoms with Gasteiger partial charge >= 0.3 is 0 Å². The minimum Gasteiger partial charge on any atom is -0.484 e. The van der Waals surface area contributed by atoms with Crippen molar-refractivity contribution >= 4 is 38.3 Å². The second kappa shape index (κ2) is 6.03. The molecule has 1 aromatic heterocycles. The topological polar surface area (TPSA) is 77.2 Å². The van der Waals surface area contributed by atoms with Crippen LogP contribution < -0.4 is 15.8 Å². The summed E-state index contributed by atoms with van der Waals surface area (Å²) in [7, 11) is 0. The lowest BCUT2D eigenvalue weighted by molar-refractivity contribution is -0.118. The number of aryl methyl sites for hydroxylation is 1. The Labute approximate surface area is 131 Å². The van der Waals surface area contributed by atoms with Crippen molar-refractivity contribution in [3.63, 3.8) is 0 Å². The van der Waals surface area contributed by atoms with Gasteiger partial charge in [-0.3, -0.25) is 4.79 Å². The quantitative estimate of drug-likeness (QED) is 0.775. The number of rotatable bonds is 4. The number of thiazole rings is 1. The number of amides is 1. The summed E-state index contributed by atoms with van der Waals surface area (Å²) >= 11 is 1.39. The lowest BCUT2D eigenvalue weighted by atomic mass is 10.2. The van der Waals surface area contributed by atoms with E-state index in [9.17, 15) is 4.79 Å². The summed E-state index contributed by atoms with van der Waals surface area (Å²) in [5.74, 6) is 0.462. The molecule has 1 heterocycles. The fourth-order valence-corrected chi connectivity index (χ4v) is 2.77. The second-order valence-corrected chi connectivity index (χ2v) is 5.95. The Bertz CT molecular complexity index is 812. The maximum atomic E-state index is 11.9. The number of nitrogens with zero attached hydrogens (tertiary/aromatic N) is 1. The van der Waals surface area contributed by atoms with Gasteiger partial charge in [-0.25, -0.2) is 4.98 Å². The molecular formula is C16H15N3O2S. The summed E-state index contributed by atoms with van der Waals surface area (Å²) in [4.78, 5) is 16.1. The molecular weight excluding hydrogens is 298 g/mol. The Hall–Kier alpha value is -2.60. The van der Waals surface area contributed by atoms with E-state index >= 15 is 0 Å². The molecule has 0 radical (unpaired) electrons. The molecule has 0 aliphatic carbocycles. The van der Waals surface area contributed by atoms with Gasteiger partial charge in [-0.1, -0.05) is 29.0 Å². The van der Waals surface area contributed by atoms with Gasteiger partial charge < -0.3 is 15.8 Å². The summed E-state index contributed by atoms with van der Waals surface area (Å²) in [5, 5.41) is 3.31. The van der Waals surface area contributed by atoms with Gasteiger partial charge in [0.25, 0.3) is 5.91 Å². The molecule has 22 heavy (non-hydrogen) atoms. The first-order chi connectivity index (χ1) is 10.6. The van der Waals surface area contributed by atoms with E-state index in [0.717, 1.165) is 15.8 Å². The smallest absolute Gasteiger partial charge is 0.262 e. The number of hydrogen-bond donors (Lipinski definition) is 2. The van der Waals surface area contributed by atoms with Gasteiger partial charge in [0, 0.05) is 5.69 Å². The third kappa shape index (κ3) is 3.35. The Morgan fingerprint density at radius 2 is 2.05 bits per heavy atom. The molecule has 0 bridgehead atoms. The van der Waals surface area contributed by atoms with Crippen LogP contribution in [-0.4, -0.2) is 17.5 Å². The highest BCUT2D eigenvalue weighted by molar-refractivity contribution is 7.22. The van der Waals surface area contributed by atoms with E-state index in [2.05, 4.69) is 10.3 Å². The summed E-state index contributed by atoms with van der Waals surface area (Å²) in [6.45, 7) is 1.96. The highest BCUT2D eigenvalue weighted by Crippen LogP contribution is 2.26. The van der Waals surface area contributed by atoms with Gasteiger partial charge in [-0.2, -0.15) is 0 Å². The molecule has 3 aromatic rings. The number of carbonyl (C=O) groups excluding carboxylic acids is 1. The van der Waals surface area contributed by atoms with Crippen LogP contribution in [0.2, 0.25) is 0 Å². The van der Waals surface area contributed by atoms with Gasteiger partial charge in [-0.05, 0) is 37.3 Å². The lowest BCUT2D eigenvalue weighted by Gasteiger charge is -2.07. The minimum absolute atomic E-state index is 0.0358. The SMILES string of the molecule is Cc1ccc(OCC(=O)Nc2ccc3nc(N)sc3c2)cc1. The summed E-state index contributed by atoms with van der Waals surface area (Å²) in [6.07, 6.45) is 0. The average molecular weight is 313 g/mol. The largest absolute Gasteiger partial charge is 0.484 e. The highest BCUT2D eigenvalue weighted by Gasteiger charge is 2.06. The number of nitrogen functional groups attached to an aromatic ring is 1. The number of benzene rings is 2. The third-order valence-electron chi connectivity index (χ3n) is 3.08. The molecule has 0 atom stereocenters. The molecule has 3 N–H and O–H groups in total. The van der Waals surface area contributed by atoms with Crippen LogP contribution in [0.3, 0.4) is 0 Å². The average Bonchev–Trinajstić information content (AvgIpc) is 2.86. The van der Waals surface area contributed by atoms with E-state index in [1.165, 1.54) is 11.3 Å². The van der Waals surface area contributed by atoms with Crippen LogP contribution in [0.5, 0.6) is 5.75 Å². The van der Waals surface area contributed by atoms with Crippen LogP contribution in [-0.2, 0) is 4.79 Å². The van der Waals surface area contributed by atoms with Crippen LogP contribution in [0, 0.1) is 6.92 Å². The molecule has 6 heteroatoms. The number of ether oxygens (including phenoxy) is 1. The van der Waals surface area contributed by atoms with E-state index < -0.39 is 0 Å². The number of nitrogens with one attached hydrogen (secondary N) is 1. The third-order valence-corrected chi connectivity index (χ3v) is 3.93. The number of fused-ring (bicyclic) bond motifs is 1. The Morgan fingerprint density at radius 1 is 1.27 bits per heavy atom. The van der Waals surface area contributed by atoms with Crippen molar-refractivity contribution in [2.24, 2.45) is 0 Å². The van der Waals surface area contributed by atoms with E-state index in [-0.39, 0.29) is 12.5 Å². The van der Waals surface area contributed by atoms with Crippen molar-refractivity contribution < 1.29 is 9.53 Å². The fourth-order valence-electron chi connectivity index (χ4n) is 2.00. The predicted molar refractivity (Wildman–Crippen MR) is 89.3 cm³/mol. The van der Waals surface area contributed by atoms with Crippen LogP contribution in [0.15, 0.2) is 42.5 Å². The maximum absolute atomic E-state index is 11.9. The number of anilines is 2. The van der Waals surface area contributed by atoms with Gasteiger partial charge in [0.05, 0.1) is 10.2 Å². The molecule has 0 spiro atoms. The molecule has 5 nitrogen and oxygen atoms in total. The normalized spacial score (nSPS) is 10.6. The molecule has 0 saturated heterocycles. The van der Waals surface area contributed by atoms with Crippen molar-refractivity contribution in [2.45, 2.75) is 6.92 Å². The number of nitrogens with two attached hydrogens (primary N) is 1. The van der Waals surface area contributed by atoms with Crippen molar-refractivity contribution in [3.8, 4) is 5.75 Å². The van der Waals surface area contributed by atoms with Gasteiger partial charge in [-0.15, -0.1) is 0 Å². The van der Waals surface area contributed by atoms with E-state index in [1.54, 1.807) is 6.07 Å². The van der Waals surface area contributed by atoms with Gasteiger partial charge in [0.1, 0.15) is 5.75 Å². The predicted octanol–water partition coefficient (Wildman–Crippen LogP) is 3.20. The molecule has 0 saturated carbocycles. The van der Waals surface area contributed by atoms with Crippen LogP contribution >= 0.6 is 11.3 Å². The van der Waals surface area contributed by atoms with E-state index in [1.807, 2.05) is 43.3 Å².